The van der Waals surface area contributed by atoms with Gasteiger partial charge in [0.1, 0.15) is 5.75 Å². The standard InChI is InChI=1S/C17H28N2O/c1-13-12-16(14(2)15(3)17(13)20-4)6-10-19-9-5-7-18-8-11-19/h12,18H,5-11H2,1-4H3. The third-order valence-corrected chi connectivity index (χ3v) is 4.47. The van der Waals surface area contributed by atoms with Gasteiger partial charge in [-0.05, 0) is 69.0 Å². The molecule has 112 valence electrons. The van der Waals surface area contributed by atoms with Crippen molar-refractivity contribution in [3.05, 3.63) is 28.3 Å². The molecular weight excluding hydrogens is 248 g/mol. The topological polar surface area (TPSA) is 24.5 Å². The molecule has 1 aromatic rings. The third kappa shape index (κ3) is 3.53. The SMILES string of the molecule is COc1c(C)cc(CCN2CCCNCC2)c(C)c1C. The van der Waals surface area contributed by atoms with E-state index in [0.29, 0.717) is 0 Å². The van der Waals surface area contributed by atoms with Gasteiger partial charge in [0.2, 0.25) is 0 Å². The van der Waals surface area contributed by atoms with Crippen molar-refractivity contribution >= 4 is 0 Å². The van der Waals surface area contributed by atoms with Gasteiger partial charge in [0.25, 0.3) is 0 Å². The maximum Gasteiger partial charge on any atom is 0.124 e. The Kier molecular flexibility index (Phi) is 5.44. The second-order valence-electron chi connectivity index (χ2n) is 5.83. The van der Waals surface area contributed by atoms with Gasteiger partial charge in [0, 0.05) is 19.6 Å². The molecule has 1 aliphatic heterocycles. The van der Waals surface area contributed by atoms with Crippen LogP contribution in [0.1, 0.15) is 28.7 Å². The molecule has 20 heavy (non-hydrogen) atoms. The first kappa shape index (κ1) is 15.3. The minimum atomic E-state index is 1.05. The highest BCUT2D eigenvalue weighted by atomic mass is 16.5. The van der Waals surface area contributed by atoms with Crippen LogP contribution < -0.4 is 10.1 Å². The number of hydrogen-bond acceptors (Lipinski definition) is 3. The fraction of sp³-hybridized carbons (Fsp3) is 0.647. The summed E-state index contributed by atoms with van der Waals surface area (Å²) >= 11 is 0. The molecule has 0 radical (unpaired) electrons. The Labute approximate surface area is 123 Å². The summed E-state index contributed by atoms with van der Waals surface area (Å²) in [6.07, 6.45) is 2.40. The van der Waals surface area contributed by atoms with Crippen LogP contribution in [0.15, 0.2) is 6.07 Å². The van der Waals surface area contributed by atoms with Crippen molar-refractivity contribution in [2.45, 2.75) is 33.6 Å². The van der Waals surface area contributed by atoms with Crippen LogP contribution in [0.5, 0.6) is 5.75 Å². The van der Waals surface area contributed by atoms with E-state index < -0.39 is 0 Å². The summed E-state index contributed by atoms with van der Waals surface area (Å²) in [6, 6.07) is 2.30. The summed E-state index contributed by atoms with van der Waals surface area (Å²) in [5, 5.41) is 3.46. The smallest absolute Gasteiger partial charge is 0.124 e. The quantitative estimate of drug-likeness (QED) is 0.914. The molecule has 1 aromatic carbocycles. The van der Waals surface area contributed by atoms with Gasteiger partial charge in [-0.15, -0.1) is 0 Å². The summed E-state index contributed by atoms with van der Waals surface area (Å²) in [5.74, 6) is 1.05. The zero-order valence-corrected chi connectivity index (χ0v) is 13.4. The van der Waals surface area contributed by atoms with Crippen molar-refractivity contribution < 1.29 is 4.74 Å². The van der Waals surface area contributed by atoms with Gasteiger partial charge in [-0.3, -0.25) is 0 Å². The number of aryl methyl sites for hydroxylation is 1. The van der Waals surface area contributed by atoms with Crippen molar-refractivity contribution in [3.63, 3.8) is 0 Å². The summed E-state index contributed by atoms with van der Waals surface area (Å²) in [6.45, 7) is 12.4. The first-order chi connectivity index (χ1) is 9.63. The number of rotatable bonds is 4. The fourth-order valence-corrected chi connectivity index (χ4v) is 3.12. The number of ether oxygens (including phenoxy) is 1. The minimum Gasteiger partial charge on any atom is -0.496 e. The van der Waals surface area contributed by atoms with Crippen molar-refractivity contribution in [2.75, 3.05) is 39.8 Å². The van der Waals surface area contributed by atoms with Crippen molar-refractivity contribution in [1.82, 2.24) is 10.2 Å². The van der Waals surface area contributed by atoms with Gasteiger partial charge < -0.3 is 15.0 Å². The molecule has 1 aliphatic rings. The molecular formula is C17H28N2O. The second-order valence-corrected chi connectivity index (χ2v) is 5.83. The molecule has 0 saturated carbocycles. The van der Waals surface area contributed by atoms with Crippen LogP contribution in [-0.2, 0) is 6.42 Å². The van der Waals surface area contributed by atoms with E-state index in [-0.39, 0.29) is 0 Å². The van der Waals surface area contributed by atoms with E-state index in [1.165, 1.54) is 41.8 Å². The van der Waals surface area contributed by atoms with Crippen LogP contribution in [0, 0.1) is 20.8 Å². The molecule has 1 fully saturated rings. The summed E-state index contributed by atoms with van der Waals surface area (Å²) in [7, 11) is 1.76. The molecule has 2 rings (SSSR count). The lowest BCUT2D eigenvalue weighted by atomic mass is 9.96. The molecule has 0 atom stereocenters. The third-order valence-electron chi connectivity index (χ3n) is 4.47. The first-order valence-corrected chi connectivity index (χ1v) is 7.70. The summed E-state index contributed by atoms with van der Waals surface area (Å²) in [4.78, 5) is 2.58. The largest absolute Gasteiger partial charge is 0.496 e. The monoisotopic (exact) mass is 276 g/mol. The lowest BCUT2D eigenvalue weighted by Crippen LogP contribution is -2.30. The van der Waals surface area contributed by atoms with E-state index in [1.54, 1.807) is 7.11 Å². The van der Waals surface area contributed by atoms with Gasteiger partial charge >= 0.3 is 0 Å². The van der Waals surface area contributed by atoms with Gasteiger partial charge in [0.15, 0.2) is 0 Å². The summed E-state index contributed by atoms with van der Waals surface area (Å²) < 4.78 is 5.50. The molecule has 1 saturated heterocycles. The lowest BCUT2D eigenvalue weighted by Gasteiger charge is -2.21. The van der Waals surface area contributed by atoms with Crippen LogP contribution in [0.2, 0.25) is 0 Å². The molecule has 3 nitrogen and oxygen atoms in total. The average Bonchev–Trinajstić information content (AvgIpc) is 2.70. The number of hydrogen-bond donors (Lipinski definition) is 1. The molecule has 3 heteroatoms. The number of methoxy groups -OCH3 is 1. The predicted molar refractivity (Wildman–Crippen MR) is 84.8 cm³/mol. The van der Waals surface area contributed by atoms with Crippen molar-refractivity contribution in [1.29, 1.82) is 0 Å². The van der Waals surface area contributed by atoms with E-state index in [0.717, 1.165) is 31.8 Å². The Morgan fingerprint density at radius 1 is 1.15 bits per heavy atom. The highest BCUT2D eigenvalue weighted by Crippen LogP contribution is 2.28. The second kappa shape index (κ2) is 7.09. The Morgan fingerprint density at radius 3 is 2.70 bits per heavy atom. The molecule has 0 aliphatic carbocycles. The molecule has 1 N–H and O–H groups in total. The van der Waals surface area contributed by atoms with E-state index in [9.17, 15) is 0 Å². The van der Waals surface area contributed by atoms with Crippen LogP contribution in [-0.4, -0.2) is 44.7 Å². The normalized spacial score (nSPS) is 17.0. The zero-order chi connectivity index (χ0) is 14.5. The molecule has 0 unspecified atom stereocenters. The molecule has 0 amide bonds. The van der Waals surface area contributed by atoms with Crippen LogP contribution in [0.3, 0.4) is 0 Å². The molecule has 0 spiro atoms. The van der Waals surface area contributed by atoms with Gasteiger partial charge in [0.05, 0.1) is 7.11 Å². The van der Waals surface area contributed by atoms with Crippen molar-refractivity contribution in [2.24, 2.45) is 0 Å². The Hall–Kier alpha value is -1.06. The molecule has 0 bridgehead atoms. The van der Waals surface area contributed by atoms with Gasteiger partial charge in [-0.1, -0.05) is 6.07 Å². The Morgan fingerprint density at radius 2 is 1.95 bits per heavy atom. The average molecular weight is 276 g/mol. The van der Waals surface area contributed by atoms with Gasteiger partial charge in [-0.25, -0.2) is 0 Å². The van der Waals surface area contributed by atoms with Crippen molar-refractivity contribution in [3.8, 4) is 5.75 Å². The maximum absolute atomic E-state index is 5.50. The van der Waals surface area contributed by atoms with E-state index in [2.05, 4.69) is 37.1 Å². The number of benzene rings is 1. The first-order valence-electron chi connectivity index (χ1n) is 7.70. The Balaban J connectivity index is 2.05. The predicted octanol–water partition coefficient (Wildman–Crippen LogP) is 2.46. The summed E-state index contributed by atoms with van der Waals surface area (Å²) in [5.41, 5.74) is 5.40. The van der Waals surface area contributed by atoms with Crippen LogP contribution >= 0.6 is 0 Å². The van der Waals surface area contributed by atoms with Gasteiger partial charge in [-0.2, -0.15) is 0 Å². The fourth-order valence-electron chi connectivity index (χ4n) is 3.12. The Bertz CT molecular complexity index is 449. The molecule has 1 heterocycles. The highest BCUT2D eigenvalue weighted by molar-refractivity contribution is 5.49. The lowest BCUT2D eigenvalue weighted by molar-refractivity contribution is 0.296. The number of nitrogens with one attached hydrogen (secondary N) is 1. The van der Waals surface area contributed by atoms with Crippen LogP contribution in [0.25, 0.3) is 0 Å². The van der Waals surface area contributed by atoms with E-state index in [1.807, 2.05) is 0 Å². The van der Waals surface area contributed by atoms with E-state index in [4.69, 9.17) is 4.74 Å². The minimum absolute atomic E-state index is 1.05. The van der Waals surface area contributed by atoms with Crippen LogP contribution in [0.4, 0.5) is 0 Å². The number of nitrogens with zero attached hydrogens (tertiary/aromatic N) is 1. The highest BCUT2D eigenvalue weighted by Gasteiger charge is 2.13. The zero-order valence-electron chi connectivity index (χ0n) is 13.4. The van der Waals surface area contributed by atoms with E-state index >= 15 is 0 Å². The maximum atomic E-state index is 5.50. The molecule has 0 aromatic heterocycles.